The Hall–Kier alpha value is -1.69. The largest absolute Gasteiger partial charge is 0.350 e. The van der Waals surface area contributed by atoms with Crippen LogP contribution in [0.2, 0.25) is 10.0 Å². The van der Waals surface area contributed by atoms with Crippen molar-refractivity contribution in [2.24, 2.45) is 0 Å². The fraction of sp³-hybridized carbons (Fsp3) is 0.417. The number of benzene rings is 2. The van der Waals surface area contributed by atoms with Gasteiger partial charge in [0.1, 0.15) is 6.04 Å². The van der Waals surface area contributed by atoms with Crippen LogP contribution in [-0.2, 0) is 16.1 Å². The predicted molar refractivity (Wildman–Crippen MR) is 131 cm³/mol. The number of halogens is 2. The molecule has 31 heavy (non-hydrogen) atoms. The van der Waals surface area contributed by atoms with E-state index in [0.717, 1.165) is 10.5 Å². The first-order valence-electron chi connectivity index (χ1n) is 10.3. The molecule has 0 radical (unpaired) electrons. The number of nitrogens with one attached hydrogen (secondary N) is 1. The van der Waals surface area contributed by atoms with Gasteiger partial charge in [-0.3, -0.25) is 9.59 Å². The summed E-state index contributed by atoms with van der Waals surface area (Å²) in [6.45, 7) is 7.94. The normalized spacial score (nSPS) is 12.3. The molecule has 2 rings (SSSR count). The number of carbonyl (C=O) groups excluding carboxylic acids is 2. The third-order valence-corrected chi connectivity index (χ3v) is 6.17. The standard InChI is InChI=1S/C24H30Cl2N2O2S/c1-5-21(23(30)27-24(2,3)4)28(16-17-11-12-18(25)15-20(17)26)22(29)13-14-31-19-9-7-6-8-10-19/h6-12,15,21H,5,13-14,16H2,1-4H3,(H,27,30). The molecule has 0 spiro atoms. The van der Waals surface area contributed by atoms with E-state index < -0.39 is 6.04 Å². The summed E-state index contributed by atoms with van der Waals surface area (Å²) < 4.78 is 0. The molecular formula is C24H30Cl2N2O2S. The second-order valence-electron chi connectivity index (χ2n) is 8.33. The van der Waals surface area contributed by atoms with Crippen molar-refractivity contribution in [3.05, 3.63) is 64.1 Å². The molecule has 1 N–H and O–H groups in total. The minimum absolute atomic E-state index is 0.0784. The molecule has 0 bridgehead atoms. The van der Waals surface area contributed by atoms with Gasteiger partial charge in [-0.25, -0.2) is 0 Å². The van der Waals surface area contributed by atoms with Crippen LogP contribution in [0.4, 0.5) is 0 Å². The van der Waals surface area contributed by atoms with E-state index in [0.29, 0.717) is 28.6 Å². The van der Waals surface area contributed by atoms with E-state index in [-0.39, 0.29) is 23.9 Å². The summed E-state index contributed by atoms with van der Waals surface area (Å²) in [4.78, 5) is 29.0. The summed E-state index contributed by atoms with van der Waals surface area (Å²) >= 11 is 14.0. The van der Waals surface area contributed by atoms with E-state index >= 15 is 0 Å². The monoisotopic (exact) mass is 480 g/mol. The molecule has 0 saturated carbocycles. The molecule has 7 heteroatoms. The van der Waals surface area contributed by atoms with Crippen LogP contribution in [0.25, 0.3) is 0 Å². The molecule has 1 atom stereocenters. The van der Waals surface area contributed by atoms with Gasteiger partial charge in [-0.1, -0.05) is 54.4 Å². The van der Waals surface area contributed by atoms with Crippen molar-refractivity contribution in [1.82, 2.24) is 10.2 Å². The van der Waals surface area contributed by atoms with Gasteiger partial charge in [0.15, 0.2) is 0 Å². The highest BCUT2D eigenvalue weighted by molar-refractivity contribution is 7.99. The summed E-state index contributed by atoms with van der Waals surface area (Å²) in [6, 6.07) is 14.6. The third-order valence-electron chi connectivity index (χ3n) is 4.57. The van der Waals surface area contributed by atoms with Crippen LogP contribution >= 0.6 is 35.0 Å². The Morgan fingerprint density at radius 3 is 2.35 bits per heavy atom. The van der Waals surface area contributed by atoms with Crippen molar-refractivity contribution in [3.63, 3.8) is 0 Å². The van der Waals surface area contributed by atoms with Gasteiger partial charge in [-0.15, -0.1) is 11.8 Å². The molecule has 2 aromatic carbocycles. The smallest absolute Gasteiger partial charge is 0.243 e. The Balaban J connectivity index is 2.20. The van der Waals surface area contributed by atoms with Crippen molar-refractivity contribution in [2.75, 3.05) is 5.75 Å². The molecule has 0 aliphatic heterocycles. The third kappa shape index (κ3) is 8.40. The number of nitrogens with zero attached hydrogens (tertiary/aromatic N) is 1. The molecule has 1 unspecified atom stereocenters. The summed E-state index contributed by atoms with van der Waals surface area (Å²) in [7, 11) is 0. The number of carbonyl (C=O) groups is 2. The summed E-state index contributed by atoms with van der Waals surface area (Å²) in [5.74, 6) is 0.389. The Kier molecular flexibility index (Phi) is 9.73. The predicted octanol–water partition coefficient (Wildman–Crippen LogP) is 6.20. The van der Waals surface area contributed by atoms with Gasteiger partial charge >= 0.3 is 0 Å². The van der Waals surface area contributed by atoms with Crippen LogP contribution in [-0.4, -0.2) is 34.0 Å². The van der Waals surface area contributed by atoms with E-state index in [2.05, 4.69) is 5.32 Å². The van der Waals surface area contributed by atoms with Gasteiger partial charge in [0.05, 0.1) is 0 Å². The Labute approximate surface area is 199 Å². The molecule has 0 saturated heterocycles. The van der Waals surface area contributed by atoms with Gasteiger partial charge in [-0.2, -0.15) is 0 Å². The van der Waals surface area contributed by atoms with Crippen molar-refractivity contribution in [3.8, 4) is 0 Å². The van der Waals surface area contributed by atoms with Crippen LogP contribution in [0.5, 0.6) is 0 Å². The fourth-order valence-electron chi connectivity index (χ4n) is 3.12. The van der Waals surface area contributed by atoms with E-state index in [1.165, 1.54) is 0 Å². The molecule has 2 amide bonds. The highest BCUT2D eigenvalue weighted by atomic mass is 35.5. The van der Waals surface area contributed by atoms with E-state index in [9.17, 15) is 9.59 Å². The Morgan fingerprint density at radius 1 is 1.10 bits per heavy atom. The van der Waals surface area contributed by atoms with Crippen LogP contribution in [0.15, 0.2) is 53.4 Å². The lowest BCUT2D eigenvalue weighted by atomic mass is 10.1. The Bertz CT molecular complexity index is 885. The summed E-state index contributed by atoms with van der Waals surface area (Å²) in [5.41, 5.74) is 0.373. The number of rotatable bonds is 9. The van der Waals surface area contributed by atoms with Crippen LogP contribution in [0.1, 0.15) is 46.1 Å². The summed E-state index contributed by atoms with van der Waals surface area (Å²) in [6.07, 6.45) is 0.828. The van der Waals surface area contributed by atoms with Gasteiger partial charge in [0.2, 0.25) is 11.8 Å². The molecular weight excluding hydrogens is 451 g/mol. The molecule has 0 aliphatic rings. The van der Waals surface area contributed by atoms with Crippen molar-refractivity contribution < 1.29 is 9.59 Å². The van der Waals surface area contributed by atoms with Crippen molar-refractivity contribution in [2.45, 2.75) is 63.6 Å². The maximum Gasteiger partial charge on any atom is 0.243 e. The quantitative estimate of drug-likeness (QED) is 0.434. The Morgan fingerprint density at radius 2 is 1.77 bits per heavy atom. The minimum atomic E-state index is -0.583. The maximum atomic E-state index is 13.2. The number of hydrogen-bond acceptors (Lipinski definition) is 3. The first-order valence-corrected chi connectivity index (χ1v) is 12.1. The zero-order chi connectivity index (χ0) is 23.0. The molecule has 4 nitrogen and oxygen atoms in total. The topological polar surface area (TPSA) is 49.4 Å². The summed E-state index contributed by atoms with van der Waals surface area (Å²) in [5, 5.41) is 4.02. The zero-order valence-electron chi connectivity index (χ0n) is 18.5. The molecule has 0 aromatic heterocycles. The highest BCUT2D eigenvalue weighted by Crippen LogP contribution is 2.25. The fourth-order valence-corrected chi connectivity index (χ4v) is 4.45. The maximum absolute atomic E-state index is 13.2. The van der Waals surface area contributed by atoms with Gasteiger partial charge in [-0.05, 0) is 57.0 Å². The van der Waals surface area contributed by atoms with Gasteiger partial charge in [0.25, 0.3) is 0 Å². The first-order chi connectivity index (χ1) is 14.6. The molecule has 0 fully saturated rings. The van der Waals surface area contributed by atoms with Crippen LogP contribution < -0.4 is 5.32 Å². The van der Waals surface area contributed by atoms with Gasteiger partial charge in [0, 0.05) is 39.2 Å². The number of thioether (sulfide) groups is 1. The zero-order valence-corrected chi connectivity index (χ0v) is 20.8. The molecule has 0 aliphatic carbocycles. The number of hydrogen-bond donors (Lipinski definition) is 1. The van der Waals surface area contributed by atoms with Gasteiger partial charge < -0.3 is 10.2 Å². The second-order valence-corrected chi connectivity index (χ2v) is 10.3. The lowest BCUT2D eigenvalue weighted by Crippen LogP contribution is -2.53. The molecule has 0 heterocycles. The minimum Gasteiger partial charge on any atom is -0.350 e. The lowest BCUT2D eigenvalue weighted by molar-refractivity contribution is -0.141. The average molecular weight is 481 g/mol. The lowest BCUT2D eigenvalue weighted by Gasteiger charge is -2.33. The molecule has 168 valence electrons. The van der Waals surface area contributed by atoms with Crippen molar-refractivity contribution in [1.29, 1.82) is 0 Å². The van der Waals surface area contributed by atoms with Crippen LogP contribution in [0, 0.1) is 0 Å². The van der Waals surface area contributed by atoms with E-state index in [1.807, 2.05) is 58.0 Å². The SMILES string of the molecule is CCC(C(=O)NC(C)(C)C)N(Cc1ccc(Cl)cc1Cl)C(=O)CCSc1ccccc1. The van der Waals surface area contributed by atoms with Crippen LogP contribution in [0.3, 0.4) is 0 Å². The average Bonchev–Trinajstić information content (AvgIpc) is 2.68. The van der Waals surface area contributed by atoms with Crippen molar-refractivity contribution >= 4 is 46.8 Å². The molecule has 2 aromatic rings. The van der Waals surface area contributed by atoms with E-state index in [1.54, 1.807) is 34.9 Å². The number of amides is 2. The first kappa shape index (κ1) is 25.6. The second kappa shape index (κ2) is 11.8. The van der Waals surface area contributed by atoms with E-state index in [4.69, 9.17) is 23.2 Å². The highest BCUT2D eigenvalue weighted by Gasteiger charge is 2.30.